The topological polar surface area (TPSA) is 56.5 Å². The predicted octanol–water partition coefficient (Wildman–Crippen LogP) is 14.7. The van der Waals surface area contributed by atoms with E-state index in [1.54, 1.807) is 0 Å². The van der Waals surface area contributed by atoms with E-state index in [9.17, 15) is 0 Å². The Morgan fingerprint density at radius 2 is 0.698 bits per heavy atom. The van der Waals surface area contributed by atoms with Crippen molar-refractivity contribution in [3.8, 4) is 73.4 Å². The van der Waals surface area contributed by atoms with Crippen molar-refractivity contribution in [1.29, 1.82) is 0 Å². The molecule has 294 valence electrons. The number of para-hydroxylation sites is 3. The number of aromatic nitrogens is 5. The van der Waals surface area contributed by atoms with E-state index in [4.69, 9.17) is 19.9 Å². The average Bonchev–Trinajstić information content (AvgIpc) is 3.71. The molecule has 0 amide bonds. The van der Waals surface area contributed by atoms with Gasteiger partial charge in [0, 0.05) is 54.9 Å². The summed E-state index contributed by atoms with van der Waals surface area (Å²) in [6, 6.07) is 78.7. The van der Waals surface area contributed by atoms with Gasteiger partial charge in [-0.15, -0.1) is 0 Å². The van der Waals surface area contributed by atoms with Gasteiger partial charge in [-0.25, -0.2) is 19.9 Å². The molecule has 0 aliphatic rings. The first-order valence-corrected chi connectivity index (χ1v) is 21.2. The van der Waals surface area contributed by atoms with E-state index in [1.165, 1.54) is 32.8 Å². The summed E-state index contributed by atoms with van der Waals surface area (Å²) in [5.74, 6) is 1.88. The van der Waals surface area contributed by atoms with E-state index in [2.05, 4.69) is 193 Å². The van der Waals surface area contributed by atoms with Crippen molar-refractivity contribution >= 4 is 43.5 Å². The van der Waals surface area contributed by atoms with Crippen LogP contribution in [0.3, 0.4) is 0 Å². The molecule has 0 aliphatic carbocycles. The predicted molar refractivity (Wildman–Crippen MR) is 260 cm³/mol. The summed E-state index contributed by atoms with van der Waals surface area (Å²) in [5.41, 5.74) is 13.9. The fourth-order valence-corrected chi connectivity index (χ4v) is 9.02. The molecule has 0 N–H and O–H groups in total. The molecule has 0 atom stereocenters. The quantitative estimate of drug-likeness (QED) is 0.151. The van der Waals surface area contributed by atoms with Crippen molar-refractivity contribution in [2.75, 3.05) is 0 Å². The van der Waals surface area contributed by atoms with Crippen LogP contribution in [-0.2, 0) is 0 Å². The van der Waals surface area contributed by atoms with Gasteiger partial charge in [0.25, 0.3) is 0 Å². The highest BCUT2D eigenvalue weighted by Gasteiger charge is 2.17. The minimum Gasteiger partial charge on any atom is -0.309 e. The van der Waals surface area contributed by atoms with Gasteiger partial charge in [0.05, 0.1) is 22.2 Å². The summed E-state index contributed by atoms with van der Waals surface area (Å²) in [6.07, 6.45) is 0. The number of rotatable bonds is 7. The first-order chi connectivity index (χ1) is 31.2. The zero-order valence-corrected chi connectivity index (χ0v) is 34.1. The number of hydrogen-bond acceptors (Lipinski definition) is 4. The SMILES string of the molecule is c1ccc(-c2nc(-c3ccc(-c4ccc(-c5cccc6c(-c7ccccc7)nc7ccccc7c56)cc4)cc3)nc(-c3ccc(-n4c5ccccc5c5ccccc54)cc3)n2)cc1. The number of nitrogens with zero attached hydrogens (tertiary/aromatic N) is 5. The second kappa shape index (κ2) is 15.2. The Hall–Kier alpha value is -8.54. The molecule has 0 fully saturated rings. The summed E-state index contributed by atoms with van der Waals surface area (Å²) in [5, 5.41) is 5.98. The van der Waals surface area contributed by atoms with Gasteiger partial charge in [0.1, 0.15) is 0 Å². The van der Waals surface area contributed by atoms with E-state index in [-0.39, 0.29) is 0 Å². The Bertz CT molecular complexity index is 3580. The number of pyridine rings is 1. The third kappa shape index (κ3) is 6.42. The molecule has 0 spiro atoms. The Kier molecular flexibility index (Phi) is 8.75. The second-order valence-electron chi connectivity index (χ2n) is 15.8. The average molecular weight is 804 g/mol. The normalized spacial score (nSPS) is 11.5. The maximum Gasteiger partial charge on any atom is 0.164 e. The summed E-state index contributed by atoms with van der Waals surface area (Å²) in [6.45, 7) is 0. The van der Waals surface area contributed by atoms with Crippen LogP contribution in [0.2, 0.25) is 0 Å². The highest BCUT2D eigenvalue weighted by Crippen LogP contribution is 2.39. The van der Waals surface area contributed by atoms with E-state index in [0.29, 0.717) is 17.5 Å². The molecule has 12 rings (SSSR count). The van der Waals surface area contributed by atoms with Crippen LogP contribution in [0, 0.1) is 0 Å². The van der Waals surface area contributed by atoms with Crippen LogP contribution in [0.15, 0.2) is 224 Å². The third-order valence-electron chi connectivity index (χ3n) is 12.1. The summed E-state index contributed by atoms with van der Waals surface area (Å²) in [7, 11) is 0. The van der Waals surface area contributed by atoms with Crippen molar-refractivity contribution in [1.82, 2.24) is 24.5 Å². The highest BCUT2D eigenvalue weighted by atomic mass is 15.0. The molecule has 0 saturated heterocycles. The molecular formula is C58H37N5. The number of benzene rings is 9. The molecule has 0 saturated carbocycles. The van der Waals surface area contributed by atoms with Crippen LogP contribution in [0.5, 0.6) is 0 Å². The smallest absolute Gasteiger partial charge is 0.164 e. The van der Waals surface area contributed by atoms with Gasteiger partial charge in [-0.1, -0.05) is 182 Å². The summed E-state index contributed by atoms with van der Waals surface area (Å²) in [4.78, 5) is 20.3. The largest absolute Gasteiger partial charge is 0.309 e. The van der Waals surface area contributed by atoms with Gasteiger partial charge in [0.15, 0.2) is 17.5 Å². The van der Waals surface area contributed by atoms with Gasteiger partial charge in [0.2, 0.25) is 0 Å². The fourth-order valence-electron chi connectivity index (χ4n) is 9.02. The fraction of sp³-hybridized carbons (Fsp3) is 0. The van der Waals surface area contributed by atoms with E-state index in [0.717, 1.165) is 66.6 Å². The summed E-state index contributed by atoms with van der Waals surface area (Å²) < 4.78 is 2.32. The highest BCUT2D eigenvalue weighted by molar-refractivity contribution is 6.17. The Balaban J connectivity index is 0.884. The first-order valence-electron chi connectivity index (χ1n) is 21.2. The zero-order chi connectivity index (χ0) is 41.7. The lowest BCUT2D eigenvalue weighted by Crippen LogP contribution is -2.00. The lowest BCUT2D eigenvalue weighted by Gasteiger charge is -2.14. The van der Waals surface area contributed by atoms with E-state index >= 15 is 0 Å². The van der Waals surface area contributed by atoms with Crippen molar-refractivity contribution in [2.45, 2.75) is 0 Å². The molecular weight excluding hydrogens is 767 g/mol. The first kappa shape index (κ1) is 36.3. The molecule has 9 aromatic carbocycles. The van der Waals surface area contributed by atoms with Crippen molar-refractivity contribution in [3.05, 3.63) is 224 Å². The molecule has 12 aromatic rings. The monoisotopic (exact) mass is 803 g/mol. The van der Waals surface area contributed by atoms with Crippen LogP contribution in [0.1, 0.15) is 0 Å². The van der Waals surface area contributed by atoms with Crippen molar-refractivity contribution in [3.63, 3.8) is 0 Å². The minimum absolute atomic E-state index is 0.625. The zero-order valence-electron chi connectivity index (χ0n) is 34.1. The number of hydrogen-bond donors (Lipinski definition) is 0. The molecule has 5 nitrogen and oxygen atoms in total. The van der Waals surface area contributed by atoms with E-state index < -0.39 is 0 Å². The molecule has 0 radical (unpaired) electrons. The Labute approximate surface area is 364 Å². The van der Waals surface area contributed by atoms with Crippen LogP contribution in [-0.4, -0.2) is 24.5 Å². The maximum absolute atomic E-state index is 5.15. The standard InChI is InChI=1S/C58H37N5/c1-3-14-41(15-4-1)55-50-22-13-21-46(54(50)49-20-7-10-23-51(49)59-55)40-30-26-38(27-31-40)39-28-32-43(33-29-39)57-60-56(42-16-5-2-6-17-42)61-58(62-57)44-34-36-45(37-35-44)63-52-24-11-8-18-47(52)48-19-9-12-25-53(48)63/h1-37H. The maximum atomic E-state index is 5.15. The lowest BCUT2D eigenvalue weighted by atomic mass is 9.92. The van der Waals surface area contributed by atoms with Crippen LogP contribution >= 0.6 is 0 Å². The van der Waals surface area contributed by atoms with Gasteiger partial charge in [-0.3, -0.25) is 0 Å². The van der Waals surface area contributed by atoms with Gasteiger partial charge in [-0.05, 0) is 64.7 Å². The van der Waals surface area contributed by atoms with Crippen LogP contribution in [0.4, 0.5) is 0 Å². The molecule has 0 unspecified atom stereocenters. The lowest BCUT2D eigenvalue weighted by molar-refractivity contribution is 1.07. The van der Waals surface area contributed by atoms with E-state index in [1.807, 2.05) is 36.4 Å². The molecule has 63 heavy (non-hydrogen) atoms. The summed E-state index contributed by atoms with van der Waals surface area (Å²) >= 11 is 0. The minimum atomic E-state index is 0.625. The van der Waals surface area contributed by atoms with Gasteiger partial charge < -0.3 is 4.57 Å². The van der Waals surface area contributed by atoms with Crippen molar-refractivity contribution in [2.24, 2.45) is 0 Å². The second-order valence-corrected chi connectivity index (χ2v) is 15.8. The Morgan fingerprint density at radius 3 is 1.29 bits per heavy atom. The van der Waals surface area contributed by atoms with Crippen molar-refractivity contribution < 1.29 is 0 Å². The van der Waals surface area contributed by atoms with Crippen LogP contribution in [0.25, 0.3) is 117 Å². The van der Waals surface area contributed by atoms with Crippen LogP contribution < -0.4 is 0 Å². The van der Waals surface area contributed by atoms with Gasteiger partial charge in [-0.2, -0.15) is 0 Å². The molecule has 3 aromatic heterocycles. The van der Waals surface area contributed by atoms with Gasteiger partial charge >= 0.3 is 0 Å². The molecule has 3 heterocycles. The Morgan fingerprint density at radius 1 is 0.270 bits per heavy atom. The molecule has 5 heteroatoms. The molecule has 0 aliphatic heterocycles. The number of fused-ring (bicyclic) bond motifs is 6. The molecule has 0 bridgehead atoms. The third-order valence-corrected chi connectivity index (χ3v) is 12.1.